The second-order valence-electron chi connectivity index (χ2n) is 4.98. The van der Waals surface area contributed by atoms with Crippen LogP contribution in [-0.4, -0.2) is 18.4 Å². The second-order valence-corrected chi connectivity index (χ2v) is 5.89. The Hall–Kier alpha value is -2.73. The molecule has 0 radical (unpaired) electrons. The summed E-state index contributed by atoms with van der Waals surface area (Å²) in [5, 5.41) is 0.375. The van der Waals surface area contributed by atoms with E-state index in [0.29, 0.717) is 10.9 Å². The largest absolute Gasteiger partial charge is 0.451 e. The van der Waals surface area contributed by atoms with Crippen molar-refractivity contribution in [1.82, 2.24) is 0 Å². The van der Waals surface area contributed by atoms with Gasteiger partial charge in [-0.2, -0.15) is 0 Å². The molecule has 0 amide bonds. The number of hydrogen-bond donors (Lipinski definition) is 0. The van der Waals surface area contributed by atoms with E-state index in [9.17, 15) is 14.4 Å². The molecule has 0 aliphatic rings. The molecule has 0 spiro atoms. The highest BCUT2D eigenvalue weighted by Crippen LogP contribution is 2.13. The summed E-state index contributed by atoms with van der Waals surface area (Å²) in [6.45, 7) is -0.434. The lowest BCUT2D eigenvalue weighted by molar-refractivity contribution is 0.0444. The van der Waals surface area contributed by atoms with E-state index in [2.05, 4.69) is 15.9 Å². The molecule has 24 heavy (non-hydrogen) atoms. The maximum Gasteiger partial charge on any atom is 0.374 e. The summed E-state index contributed by atoms with van der Waals surface area (Å²) < 4.78 is 11.2. The standard InChI is InChI=1S/C18H11BrO5/c19-12-7-5-11(6-8-12)15(21)10-23-18(22)17-9-14(20)13-3-1-2-4-16(13)24-17/h1-9H,10H2. The van der Waals surface area contributed by atoms with Gasteiger partial charge < -0.3 is 9.15 Å². The Morgan fingerprint density at radius 2 is 1.75 bits per heavy atom. The number of ketones is 1. The smallest absolute Gasteiger partial charge is 0.374 e. The summed E-state index contributed by atoms with van der Waals surface area (Å²) >= 11 is 3.28. The molecule has 6 heteroatoms. The van der Waals surface area contributed by atoms with E-state index in [1.807, 2.05) is 0 Å². The van der Waals surface area contributed by atoms with Crippen LogP contribution in [0.2, 0.25) is 0 Å². The first-order valence-corrected chi connectivity index (χ1v) is 7.83. The van der Waals surface area contributed by atoms with Crippen LogP contribution in [0.4, 0.5) is 0 Å². The molecule has 0 unspecified atom stereocenters. The first-order chi connectivity index (χ1) is 11.5. The highest BCUT2D eigenvalue weighted by atomic mass is 79.9. The summed E-state index contributed by atoms with van der Waals surface area (Å²) in [4.78, 5) is 36.0. The molecule has 0 bridgehead atoms. The number of carbonyl (C=O) groups is 2. The van der Waals surface area contributed by atoms with Gasteiger partial charge in [0.1, 0.15) is 5.58 Å². The highest BCUT2D eigenvalue weighted by molar-refractivity contribution is 9.10. The van der Waals surface area contributed by atoms with Crippen LogP contribution in [0.15, 0.2) is 68.3 Å². The fraction of sp³-hybridized carbons (Fsp3) is 0.0556. The second kappa shape index (κ2) is 6.80. The number of halogens is 1. The SMILES string of the molecule is O=C(COC(=O)c1cc(=O)c2ccccc2o1)c1ccc(Br)cc1. The number of carbonyl (C=O) groups excluding carboxylic acids is 2. The van der Waals surface area contributed by atoms with Crippen LogP contribution in [0.1, 0.15) is 20.9 Å². The molecular formula is C18H11BrO5. The predicted octanol–water partition coefficient (Wildman–Crippen LogP) is 3.60. The van der Waals surface area contributed by atoms with Crippen molar-refractivity contribution in [3.8, 4) is 0 Å². The molecular weight excluding hydrogens is 376 g/mol. The summed E-state index contributed by atoms with van der Waals surface area (Å²) in [5.74, 6) is -1.44. The zero-order valence-corrected chi connectivity index (χ0v) is 13.9. The topological polar surface area (TPSA) is 73.6 Å². The summed E-state index contributed by atoms with van der Waals surface area (Å²) in [5.41, 5.74) is 0.366. The van der Waals surface area contributed by atoms with Gasteiger partial charge in [-0.15, -0.1) is 0 Å². The van der Waals surface area contributed by atoms with E-state index in [1.165, 1.54) is 0 Å². The van der Waals surface area contributed by atoms with Crippen molar-refractivity contribution < 1.29 is 18.7 Å². The number of fused-ring (bicyclic) bond motifs is 1. The number of Topliss-reactive ketones (excluding diaryl/α,β-unsaturated/α-hetero) is 1. The Morgan fingerprint density at radius 3 is 2.50 bits per heavy atom. The quantitative estimate of drug-likeness (QED) is 0.505. The molecule has 0 aliphatic carbocycles. The average Bonchev–Trinajstić information content (AvgIpc) is 2.60. The first kappa shape index (κ1) is 16.1. The maximum absolute atomic E-state index is 12.0. The minimum atomic E-state index is -0.858. The van der Waals surface area contributed by atoms with Gasteiger partial charge in [0, 0.05) is 16.1 Å². The van der Waals surface area contributed by atoms with Gasteiger partial charge >= 0.3 is 5.97 Å². The Balaban J connectivity index is 1.74. The summed E-state index contributed by atoms with van der Waals surface area (Å²) in [7, 11) is 0. The Labute approximate surface area is 145 Å². The number of rotatable bonds is 4. The van der Waals surface area contributed by atoms with Crippen LogP contribution in [-0.2, 0) is 4.74 Å². The van der Waals surface area contributed by atoms with Crippen LogP contribution >= 0.6 is 15.9 Å². The molecule has 2 aromatic carbocycles. The molecule has 120 valence electrons. The molecule has 3 rings (SSSR count). The number of benzene rings is 2. The van der Waals surface area contributed by atoms with E-state index in [4.69, 9.17) is 9.15 Å². The minimum absolute atomic E-state index is 0.234. The molecule has 1 heterocycles. The molecule has 0 fully saturated rings. The van der Waals surface area contributed by atoms with E-state index < -0.39 is 12.6 Å². The number of ether oxygens (including phenoxy) is 1. The fourth-order valence-electron chi connectivity index (χ4n) is 2.13. The number of para-hydroxylation sites is 1. The molecule has 5 nitrogen and oxygen atoms in total. The van der Waals surface area contributed by atoms with E-state index in [0.717, 1.165) is 10.5 Å². The van der Waals surface area contributed by atoms with E-state index >= 15 is 0 Å². The zero-order chi connectivity index (χ0) is 17.1. The van der Waals surface area contributed by atoms with Gasteiger partial charge in [-0.3, -0.25) is 9.59 Å². The molecule has 0 saturated carbocycles. The van der Waals surface area contributed by atoms with Gasteiger partial charge in [0.05, 0.1) is 5.39 Å². The lowest BCUT2D eigenvalue weighted by Crippen LogP contribution is -2.15. The van der Waals surface area contributed by atoms with Crippen LogP contribution in [0.5, 0.6) is 0 Å². The molecule has 0 atom stereocenters. The van der Waals surface area contributed by atoms with E-state index in [1.54, 1.807) is 48.5 Å². The lowest BCUT2D eigenvalue weighted by atomic mass is 10.1. The number of esters is 1. The molecule has 1 aromatic heterocycles. The van der Waals surface area contributed by atoms with Gasteiger partial charge in [0.15, 0.2) is 17.8 Å². The van der Waals surface area contributed by atoms with Crippen molar-refractivity contribution >= 4 is 38.7 Å². The van der Waals surface area contributed by atoms with E-state index in [-0.39, 0.29) is 22.6 Å². The third-order valence-corrected chi connectivity index (χ3v) is 3.87. The van der Waals surface area contributed by atoms with Gasteiger partial charge in [0.25, 0.3) is 0 Å². The van der Waals surface area contributed by atoms with Crippen LogP contribution < -0.4 is 5.43 Å². The molecule has 3 aromatic rings. The highest BCUT2D eigenvalue weighted by Gasteiger charge is 2.16. The zero-order valence-electron chi connectivity index (χ0n) is 12.3. The molecule has 0 aliphatic heterocycles. The van der Waals surface area contributed by atoms with Gasteiger partial charge in [-0.1, -0.05) is 40.2 Å². The minimum Gasteiger partial charge on any atom is -0.451 e. The van der Waals surface area contributed by atoms with Crippen molar-refractivity contribution in [2.75, 3.05) is 6.61 Å². The van der Waals surface area contributed by atoms with Crippen molar-refractivity contribution in [2.24, 2.45) is 0 Å². The summed E-state index contributed by atoms with van der Waals surface area (Å²) in [6.07, 6.45) is 0. The molecule has 0 saturated heterocycles. The normalized spacial score (nSPS) is 10.5. The van der Waals surface area contributed by atoms with Gasteiger partial charge in [-0.05, 0) is 24.3 Å². The third kappa shape index (κ3) is 3.44. The predicted molar refractivity (Wildman–Crippen MR) is 91.2 cm³/mol. The number of hydrogen-bond acceptors (Lipinski definition) is 5. The van der Waals surface area contributed by atoms with Crippen molar-refractivity contribution in [2.45, 2.75) is 0 Å². The monoisotopic (exact) mass is 386 g/mol. The van der Waals surface area contributed by atoms with Crippen molar-refractivity contribution in [3.05, 3.63) is 80.6 Å². The van der Waals surface area contributed by atoms with Crippen LogP contribution in [0, 0.1) is 0 Å². The van der Waals surface area contributed by atoms with Gasteiger partial charge in [0.2, 0.25) is 5.76 Å². The Morgan fingerprint density at radius 1 is 1.04 bits per heavy atom. The van der Waals surface area contributed by atoms with Crippen LogP contribution in [0.3, 0.4) is 0 Å². The fourth-order valence-corrected chi connectivity index (χ4v) is 2.39. The first-order valence-electron chi connectivity index (χ1n) is 7.03. The Bertz CT molecular complexity index is 973. The average molecular weight is 387 g/mol. The van der Waals surface area contributed by atoms with Gasteiger partial charge in [-0.25, -0.2) is 4.79 Å². The maximum atomic E-state index is 12.0. The third-order valence-electron chi connectivity index (χ3n) is 3.34. The van der Waals surface area contributed by atoms with Crippen LogP contribution in [0.25, 0.3) is 11.0 Å². The Kier molecular flexibility index (Phi) is 4.57. The molecule has 0 N–H and O–H groups in total. The summed E-state index contributed by atoms with van der Waals surface area (Å²) in [6, 6.07) is 14.3. The van der Waals surface area contributed by atoms with Crippen molar-refractivity contribution in [3.63, 3.8) is 0 Å². The van der Waals surface area contributed by atoms with Crippen molar-refractivity contribution in [1.29, 1.82) is 0 Å². The lowest BCUT2D eigenvalue weighted by Gasteiger charge is -2.05.